The Morgan fingerprint density at radius 2 is 1.91 bits per heavy atom. The number of likely N-dealkylation sites (tertiary alicyclic amines) is 1. The number of rotatable bonds is 3. The highest BCUT2D eigenvalue weighted by molar-refractivity contribution is 5.80. The molecule has 0 spiro atoms. The Kier molecular flexibility index (Phi) is 5.32. The van der Waals surface area contributed by atoms with Gasteiger partial charge in [0.1, 0.15) is 0 Å². The molecule has 2 atom stereocenters. The normalized spacial score (nSPS) is 29.5. The Morgan fingerprint density at radius 1 is 1.27 bits per heavy atom. The number of aliphatic hydroxyl groups is 1. The summed E-state index contributed by atoms with van der Waals surface area (Å²) in [7, 11) is 3.49. The fourth-order valence-electron chi connectivity index (χ4n) is 3.57. The molecule has 0 aromatic heterocycles. The number of nitrogens with one attached hydrogen (secondary N) is 1. The van der Waals surface area contributed by atoms with Gasteiger partial charge >= 0.3 is 6.03 Å². The van der Waals surface area contributed by atoms with Crippen molar-refractivity contribution < 1.29 is 14.7 Å². The topological polar surface area (TPSA) is 72.9 Å². The highest BCUT2D eigenvalue weighted by atomic mass is 16.3. The van der Waals surface area contributed by atoms with Gasteiger partial charge in [0.2, 0.25) is 5.91 Å². The van der Waals surface area contributed by atoms with Crippen molar-refractivity contribution in [3.8, 4) is 0 Å². The van der Waals surface area contributed by atoms with Gasteiger partial charge in [-0.05, 0) is 25.7 Å². The third-order valence-electron chi connectivity index (χ3n) is 5.28. The van der Waals surface area contributed by atoms with E-state index in [0.717, 1.165) is 19.3 Å². The predicted molar refractivity (Wildman–Crippen MR) is 84.4 cm³/mol. The van der Waals surface area contributed by atoms with E-state index in [2.05, 4.69) is 5.32 Å². The molecular formula is C16H29N3O3. The molecule has 1 saturated heterocycles. The number of hydrogen-bond acceptors (Lipinski definition) is 3. The molecule has 1 saturated carbocycles. The van der Waals surface area contributed by atoms with Crippen molar-refractivity contribution in [3.63, 3.8) is 0 Å². The standard InChI is InChI=1S/C16H29N3O3/c1-16(11-20)8-4-5-13(16)17-14(21)12-6-9-19(10-7-12)15(22)18(2)3/h12-13,20H,4-11H2,1-3H3,(H,17,21)/t13-,16-/m1/s1. The number of amides is 3. The summed E-state index contributed by atoms with van der Waals surface area (Å²) in [5.41, 5.74) is -0.183. The maximum absolute atomic E-state index is 12.5. The van der Waals surface area contributed by atoms with Gasteiger partial charge in [-0.3, -0.25) is 4.79 Å². The molecule has 22 heavy (non-hydrogen) atoms. The fourth-order valence-corrected chi connectivity index (χ4v) is 3.57. The van der Waals surface area contributed by atoms with E-state index in [4.69, 9.17) is 0 Å². The van der Waals surface area contributed by atoms with Gasteiger partial charge in [-0.15, -0.1) is 0 Å². The second-order valence-corrected chi connectivity index (χ2v) is 7.20. The van der Waals surface area contributed by atoms with E-state index in [1.807, 2.05) is 6.92 Å². The molecule has 2 rings (SSSR count). The molecule has 2 aliphatic rings. The first-order valence-electron chi connectivity index (χ1n) is 8.25. The van der Waals surface area contributed by atoms with E-state index in [1.165, 1.54) is 0 Å². The second kappa shape index (κ2) is 6.86. The van der Waals surface area contributed by atoms with Crippen LogP contribution in [-0.2, 0) is 4.79 Å². The monoisotopic (exact) mass is 311 g/mol. The lowest BCUT2D eigenvalue weighted by molar-refractivity contribution is -0.127. The molecule has 6 nitrogen and oxygen atoms in total. The summed E-state index contributed by atoms with van der Waals surface area (Å²) in [6.07, 6.45) is 4.39. The molecule has 6 heteroatoms. The molecular weight excluding hydrogens is 282 g/mol. The number of carbonyl (C=O) groups excluding carboxylic acids is 2. The smallest absolute Gasteiger partial charge is 0.319 e. The van der Waals surface area contributed by atoms with Crippen molar-refractivity contribution in [2.75, 3.05) is 33.8 Å². The summed E-state index contributed by atoms with van der Waals surface area (Å²) in [5.74, 6) is 0.0679. The highest BCUT2D eigenvalue weighted by Gasteiger charge is 2.40. The summed E-state index contributed by atoms with van der Waals surface area (Å²) in [4.78, 5) is 27.7. The number of aliphatic hydroxyl groups excluding tert-OH is 1. The molecule has 0 radical (unpaired) electrons. The highest BCUT2D eigenvalue weighted by Crippen LogP contribution is 2.37. The Labute approximate surface area is 132 Å². The maximum atomic E-state index is 12.5. The van der Waals surface area contributed by atoms with Crippen molar-refractivity contribution in [1.29, 1.82) is 0 Å². The maximum Gasteiger partial charge on any atom is 0.319 e. The lowest BCUT2D eigenvalue weighted by Gasteiger charge is -2.35. The molecule has 1 heterocycles. The van der Waals surface area contributed by atoms with Gasteiger partial charge in [0.15, 0.2) is 0 Å². The molecule has 0 aromatic rings. The molecule has 0 aromatic carbocycles. The molecule has 1 aliphatic heterocycles. The number of carbonyl (C=O) groups is 2. The van der Waals surface area contributed by atoms with Crippen molar-refractivity contribution in [1.82, 2.24) is 15.1 Å². The van der Waals surface area contributed by atoms with Gasteiger partial charge in [0, 0.05) is 44.6 Å². The average Bonchev–Trinajstić information content (AvgIpc) is 2.88. The van der Waals surface area contributed by atoms with E-state index in [9.17, 15) is 14.7 Å². The second-order valence-electron chi connectivity index (χ2n) is 7.20. The molecule has 0 unspecified atom stereocenters. The first-order chi connectivity index (χ1) is 10.4. The van der Waals surface area contributed by atoms with Crippen LogP contribution < -0.4 is 5.32 Å². The van der Waals surface area contributed by atoms with Gasteiger partial charge in [0.05, 0.1) is 6.61 Å². The van der Waals surface area contributed by atoms with Crippen LogP contribution >= 0.6 is 0 Å². The predicted octanol–water partition coefficient (Wildman–Crippen LogP) is 1.05. The van der Waals surface area contributed by atoms with Gasteiger partial charge in [0.25, 0.3) is 0 Å². The van der Waals surface area contributed by atoms with Gasteiger partial charge < -0.3 is 20.2 Å². The molecule has 2 N–H and O–H groups in total. The zero-order chi connectivity index (χ0) is 16.3. The summed E-state index contributed by atoms with van der Waals surface area (Å²) in [5, 5.41) is 12.7. The third kappa shape index (κ3) is 3.54. The SMILES string of the molecule is CN(C)C(=O)N1CCC(C(=O)N[C@@H]2CCC[C@]2(C)CO)CC1. The Hall–Kier alpha value is -1.30. The van der Waals surface area contributed by atoms with E-state index in [0.29, 0.717) is 25.9 Å². The van der Waals surface area contributed by atoms with Gasteiger partial charge in [-0.1, -0.05) is 13.3 Å². The zero-order valence-electron chi connectivity index (χ0n) is 14.0. The van der Waals surface area contributed by atoms with Crippen LogP contribution in [0.15, 0.2) is 0 Å². The largest absolute Gasteiger partial charge is 0.396 e. The minimum Gasteiger partial charge on any atom is -0.396 e. The Balaban J connectivity index is 1.84. The summed E-state index contributed by atoms with van der Waals surface area (Å²) in [6, 6.07) is 0.0916. The molecule has 1 aliphatic carbocycles. The minimum atomic E-state index is -0.183. The van der Waals surface area contributed by atoms with Crippen LogP contribution in [0.25, 0.3) is 0 Å². The van der Waals surface area contributed by atoms with Crippen molar-refractivity contribution in [2.45, 2.75) is 45.1 Å². The fraction of sp³-hybridized carbons (Fsp3) is 0.875. The van der Waals surface area contributed by atoms with Crippen LogP contribution in [0.4, 0.5) is 4.79 Å². The number of hydrogen-bond donors (Lipinski definition) is 2. The van der Waals surface area contributed by atoms with Crippen molar-refractivity contribution in [2.24, 2.45) is 11.3 Å². The van der Waals surface area contributed by atoms with Crippen LogP contribution in [0, 0.1) is 11.3 Å². The molecule has 2 fully saturated rings. The van der Waals surface area contributed by atoms with E-state index < -0.39 is 0 Å². The summed E-state index contributed by atoms with van der Waals surface area (Å²) in [6.45, 7) is 3.44. The number of piperidine rings is 1. The molecule has 126 valence electrons. The van der Waals surface area contributed by atoms with E-state index >= 15 is 0 Å². The summed E-state index contributed by atoms with van der Waals surface area (Å²) < 4.78 is 0. The quantitative estimate of drug-likeness (QED) is 0.818. The number of nitrogens with zero attached hydrogens (tertiary/aromatic N) is 2. The van der Waals surface area contributed by atoms with Crippen LogP contribution in [0.1, 0.15) is 39.0 Å². The average molecular weight is 311 g/mol. The van der Waals surface area contributed by atoms with Gasteiger partial charge in [-0.2, -0.15) is 0 Å². The van der Waals surface area contributed by atoms with E-state index in [1.54, 1.807) is 23.9 Å². The third-order valence-corrected chi connectivity index (χ3v) is 5.28. The number of urea groups is 1. The molecule has 0 bridgehead atoms. The molecule has 3 amide bonds. The lowest BCUT2D eigenvalue weighted by Crippen LogP contribution is -2.50. The zero-order valence-corrected chi connectivity index (χ0v) is 14.0. The van der Waals surface area contributed by atoms with Crippen LogP contribution in [0.3, 0.4) is 0 Å². The minimum absolute atomic E-state index is 0.0162. The van der Waals surface area contributed by atoms with Crippen molar-refractivity contribution in [3.05, 3.63) is 0 Å². The Morgan fingerprint density at radius 3 is 2.45 bits per heavy atom. The van der Waals surface area contributed by atoms with Crippen LogP contribution in [-0.4, -0.2) is 66.7 Å². The van der Waals surface area contributed by atoms with E-state index in [-0.39, 0.29) is 35.9 Å². The first kappa shape index (κ1) is 17.1. The van der Waals surface area contributed by atoms with Crippen LogP contribution in [0.2, 0.25) is 0 Å². The summed E-state index contributed by atoms with van der Waals surface area (Å²) >= 11 is 0. The van der Waals surface area contributed by atoms with Crippen molar-refractivity contribution >= 4 is 11.9 Å². The van der Waals surface area contributed by atoms with Gasteiger partial charge in [-0.25, -0.2) is 4.79 Å². The van der Waals surface area contributed by atoms with Crippen LogP contribution in [0.5, 0.6) is 0 Å². The lowest BCUT2D eigenvalue weighted by atomic mass is 9.85. The first-order valence-corrected chi connectivity index (χ1v) is 8.25. The Bertz CT molecular complexity index is 419.